The number of carbonyl (C=O) groups excluding carboxylic acids is 2. The Hall–Kier alpha value is -1.49. The number of amides is 1. The Balaban J connectivity index is 1.65. The average molecular weight is 321 g/mol. The number of thioether (sulfide) groups is 1. The highest BCUT2D eigenvalue weighted by Crippen LogP contribution is 2.23. The lowest BCUT2D eigenvalue weighted by Gasteiger charge is -2.31. The summed E-state index contributed by atoms with van der Waals surface area (Å²) in [5.74, 6) is 1.50. The van der Waals surface area contributed by atoms with Gasteiger partial charge in [-0.3, -0.25) is 4.79 Å². The van der Waals surface area contributed by atoms with Crippen LogP contribution in [0.1, 0.15) is 31.7 Å². The van der Waals surface area contributed by atoms with Crippen molar-refractivity contribution in [3.05, 3.63) is 35.9 Å². The zero-order valence-corrected chi connectivity index (χ0v) is 13.8. The van der Waals surface area contributed by atoms with Gasteiger partial charge in [0.2, 0.25) is 0 Å². The molecule has 5 heteroatoms. The van der Waals surface area contributed by atoms with Crippen LogP contribution in [0.15, 0.2) is 30.3 Å². The van der Waals surface area contributed by atoms with Gasteiger partial charge in [-0.2, -0.15) is 0 Å². The number of likely N-dealkylation sites (tertiary alicyclic amines) is 1. The Bertz CT molecular complexity index is 484. The number of piperidine rings is 1. The first-order valence-corrected chi connectivity index (χ1v) is 8.72. The minimum atomic E-state index is -0.222. The lowest BCUT2D eigenvalue weighted by Crippen LogP contribution is -2.38. The second kappa shape index (κ2) is 8.83. The number of hydrogen-bond acceptors (Lipinski definition) is 4. The van der Waals surface area contributed by atoms with Gasteiger partial charge in [0.15, 0.2) is 5.12 Å². The van der Waals surface area contributed by atoms with Crippen molar-refractivity contribution < 1.29 is 14.3 Å². The zero-order chi connectivity index (χ0) is 15.8. The molecule has 0 spiro atoms. The second-order valence-electron chi connectivity index (χ2n) is 5.60. The first kappa shape index (κ1) is 16.9. The molecule has 0 N–H and O–H groups in total. The molecule has 1 aliphatic rings. The van der Waals surface area contributed by atoms with Crippen molar-refractivity contribution in [2.24, 2.45) is 5.92 Å². The van der Waals surface area contributed by atoms with Crippen molar-refractivity contribution in [3.63, 3.8) is 0 Å². The van der Waals surface area contributed by atoms with Gasteiger partial charge < -0.3 is 9.64 Å². The van der Waals surface area contributed by atoms with Crippen LogP contribution in [0.2, 0.25) is 0 Å². The van der Waals surface area contributed by atoms with E-state index in [9.17, 15) is 9.59 Å². The summed E-state index contributed by atoms with van der Waals surface area (Å²) in [5, 5.41) is 0.182. The van der Waals surface area contributed by atoms with E-state index in [1.807, 2.05) is 30.3 Å². The van der Waals surface area contributed by atoms with Crippen molar-refractivity contribution >= 4 is 23.0 Å². The molecule has 0 atom stereocenters. The summed E-state index contributed by atoms with van der Waals surface area (Å²) < 4.78 is 5.35. The minimum absolute atomic E-state index is 0.182. The summed E-state index contributed by atoms with van der Waals surface area (Å²) in [6, 6.07) is 9.72. The highest BCUT2D eigenvalue weighted by molar-refractivity contribution is 8.13. The fourth-order valence-corrected chi connectivity index (χ4v) is 3.32. The SMILES string of the molecule is CC(=O)SCCC1CCN(C(=O)OCc2ccccc2)CC1. The molecule has 1 amide bonds. The number of carbonyl (C=O) groups is 2. The first-order chi connectivity index (χ1) is 10.6. The van der Waals surface area contributed by atoms with Crippen LogP contribution < -0.4 is 0 Å². The molecule has 1 aliphatic heterocycles. The van der Waals surface area contributed by atoms with Gasteiger partial charge >= 0.3 is 6.09 Å². The summed E-state index contributed by atoms with van der Waals surface area (Å²) >= 11 is 1.39. The number of rotatable bonds is 5. The third kappa shape index (κ3) is 5.72. The summed E-state index contributed by atoms with van der Waals surface area (Å²) in [5.41, 5.74) is 1.01. The van der Waals surface area contributed by atoms with Gasteiger partial charge in [0.25, 0.3) is 0 Å². The molecule has 22 heavy (non-hydrogen) atoms. The van der Waals surface area contributed by atoms with Crippen LogP contribution in [0, 0.1) is 5.92 Å². The summed E-state index contributed by atoms with van der Waals surface area (Å²) in [6.45, 7) is 3.44. The van der Waals surface area contributed by atoms with E-state index in [1.54, 1.807) is 11.8 Å². The van der Waals surface area contributed by atoms with Gasteiger partial charge in [0.1, 0.15) is 6.61 Å². The third-order valence-electron chi connectivity index (χ3n) is 3.91. The van der Waals surface area contributed by atoms with Crippen LogP contribution in [-0.4, -0.2) is 35.0 Å². The lowest BCUT2D eigenvalue weighted by atomic mass is 9.95. The molecule has 0 unspecified atom stereocenters. The molecule has 1 heterocycles. The fraction of sp³-hybridized carbons (Fsp3) is 0.529. The van der Waals surface area contributed by atoms with Crippen LogP contribution >= 0.6 is 11.8 Å². The van der Waals surface area contributed by atoms with Crippen LogP contribution in [0.3, 0.4) is 0 Å². The Morgan fingerprint density at radius 3 is 2.55 bits per heavy atom. The first-order valence-electron chi connectivity index (χ1n) is 7.74. The average Bonchev–Trinajstić information content (AvgIpc) is 2.54. The maximum Gasteiger partial charge on any atom is 0.410 e. The van der Waals surface area contributed by atoms with Gasteiger partial charge in [-0.15, -0.1) is 0 Å². The molecule has 0 radical (unpaired) electrons. The second-order valence-corrected chi connectivity index (χ2v) is 6.87. The maximum atomic E-state index is 12.0. The summed E-state index contributed by atoms with van der Waals surface area (Å²) in [4.78, 5) is 24.7. The third-order valence-corrected chi connectivity index (χ3v) is 4.76. The molecule has 0 saturated carbocycles. The molecule has 1 saturated heterocycles. The number of ether oxygens (including phenoxy) is 1. The molecule has 1 aromatic rings. The molecular formula is C17H23NO3S. The van der Waals surface area contributed by atoms with Crippen LogP contribution in [0.5, 0.6) is 0 Å². The standard InChI is InChI=1S/C17H23NO3S/c1-14(19)22-12-9-15-7-10-18(11-8-15)17(20)21-13-16-5-3-2-4-6-16/h2-6,15H,7-13H2,1H3. The van der Waals surface area contributed by atoms with E-state index >= 15 is 0 Å². The van der Waals surface area contributed by atoms with Gasteiger partial charge in [0, 0.05) is 25.8 Å². The van der Waals surface area contributed by atoms with E-state index in [-0.39, 0.29) is 11.2 Å². The summed E-state index contributed by atoms with van der Waals surface area (Å²) in [7, 11) is 0. The highest BCUT2D eigenvalue weighted by Gasteiger charge is 2.23. The Morgan fingerprint density at radius 2 is 1.91 bits per heavy atom. The quantitative estimate of drug-likeness (QED) is 0.829. The van der Waals surface area contributed by atoms with E-state index in [0.717, 1.165) is 43.7 Å². The lowest BCUT2D eigenvalue weighted by molar-refractivity contribution is -0.109. The van der Waals surface area contributed by atoms with E-state index in [1.165, 1.54) is 11.8 Å². The predicted molar refractivity (Wildman–Crippen MR) is 88.7 cm³/mol. The molecule has 0 aliphatic carbocycles. The Morgan fingerprint density at radius 1 is 1.23 bits per heavy atom. The van der Waals surface area contributed by atoms with E-state index in [0.29, 0.717) is 12.5 Å². The van der Waals surface area contributed by atoms with Gasteiger partial charge in [-0.1, -0.05) is 42.1 Å². The predicted octanol–water partition coefficient (Wildman–Crippen LogP) is 3.71. The van der Waals surface area contributed by atoms with Crippen LogP contribution in [0.4, 0.5) is 4.79 Å². The number of benzene rings is 1. The Kier molecular flexibility index (Phi) is 6.77. The van der Waals surface area contributed by atoms with E-state index in [4.69, 9.17) is 4.74 Å². The smallest absolute Gasteiger partial charge is 0.410 e. The van der Waals surface area contributed by atoms with Crippen molar-refractivity contribution in [1.29, 1.82) is 0 Å². The van der Waals surface area contributed by atoms with Gasteiger partial charge in [-0.05, 0) is 30.7 Å². The molecule has 0 bridgehead atoms. The normalized spacial score (nSPS) is 15.6. The molecular weight excluding hydrogens is 298 g/mol. The van der Waals surface area contributed by atoms with E-state index in [2.05, 4.69) is 0 Å². The van der Waals surface area contributed by atoms with E-state index < -0.39 is 0 Å². The zero-order valence-electron chi connectivity index (χ0n) is 13.0. The van der Waals surface area contributed by atoms with Gasteiger partial charge in [-0.25, -0.2) is 4.79 Å². The fourth-order valence-electron chi connectivity index (χ4n) is 2.58. The van der Waals surface area contributed by atoms with Crippen molar-refractivity contribution in [2.75, 3.05) is 18.8 Å². The minimum Gasteiger partial charge on any atom is -0.445 e. The van der Waals surface area contributed by atoms with Crippen LogP contribution in [-0.2, 0) is 16.1 Å². The molecule has 1 aromatic carbocycles. The van der Waals surface area contributed by atoms with Crippen molar-refractivity contribution in [1.82, 2.24) is 4.90 Å². The van der Waals surface area contributed by atoms with Crippen molar-refractivity contribution in [2.45, 2.75) is 32.8 Å². The highest BCUT2D eigenvalue weighted by atomic mass is 32.2. The van der Waals surface area contributed by atoms with Gasteiger partial charge in [0.05, 0.1) is 0 Å². The monoisotopic (exact) mass is 321 g/mol. The number of hydrogen-bond donors (Lipinski definition) is 0. The molecule has 120 valence electrons. The Labute approximate surface area is 136 Å². The maximum absolute atomic E-state index is 12.0. The molecule has 1 fully saturated rings. The van der Waals surface area contributed by atoms with Crippen molar-refractivity contribution in [3.8, 4) is 0 Å². The topological polar surface area (TPSA) is 46.6 Å². The molecule has 2 rings (SSSR count). The van der Waals surface area contributed by atoms with Crippen LogP contribution in [0.25, 0.3) is 0 Å². The largest absolute Gasteiger partial charge is 0.445 e. The number of nitrogens with zero attached hydrogens (tertiary/aromatic N) is 1. The molecule has 0 aromatic heterocycles. The molecule has 4 nitrogen and oxygen atoms in total. The summed E-state index contributed by atoms with van der Waals surface area (Å²) in [6.07, 6.45) is 2.83.